The zero-order valence-electron chi connectivity index (χ0n) is 19.9. The summed E-state index contributed by atoms with van der Waals surface area (Å²) < 4.78 is 0. The Labute approximate surface area is 210 Å². The molecule has 35 heavy (non-hydrogen) atoms. The van der Waals surface area contributed by atoms with Gasteiger partial charge in [0.2, 0.25) is 11.8 Å². The van der Waals surface area contributed by atoms with Gasteiger partial charge in [-0.3, -0.25) is 19.3 Å². The molecule has 2 aromatic rings. The Morgan fingerprint density at radius 3 is 2.34 bits per heavy atom. The molecule has 1 N–H and O–H groups in total. The van der Waals surface area contributed by atoms with Gasteiger partial charge in [0.1, 0.15) is 6.54 Å². The normalized spacial score (nSPS) is 21.1. The van der Waals surface area contributed by atoms with E-state index in [4.69, 9.17) is 0 Å². The lowest BCUT2D eigenvalue weighted by molar-refractivity contribution is -0.134. The van der Waals surface area contributed by atoms with E-state index in [1.54, 1.807) is 4.90 Å². The maximum Gasteiger partial charge on any atom is 0.250 e. The minimum absolute atomic E-state index is 0.0651. The van der Waals surface area contributed by atoms with E-state index in [-0.39, 0.29) is 30.3 Å². The van der Waals surface area contributed by atoms with E-state index < -0.39 is 5.25 Å². The third-order valence-electron chi connectivity index (χ3n) is 7.04. The van der Waals surface area contributed by atoms with Gasteiger partial charge in [0, 0.05) is 43.7 Å². The van der Waals surface area contributed by atoms with E-state index >= 15 is 0 Å². The smallest absolute Gasteiger partial charge is 0.250 e. The number of hydrogen-bond donors (Lipinski definition) is 1. The average molecular weight is 493 g/mol. The third-order valence-corrected chi connectivity index (χ3v) is 8.27. The fourth-order valence-electron chi connectivity index (χ4n) is 5.13. The van der Waals surface area contributed by atoms with Crippen molar-refractivity contribution in [2.75, 3.05) is 37.6 Å². The summed E-state index contributed by atoms with van der Waals surface area (Å²) >= 11 is 1.31. The number of para-hydroxylation sites is 1. The number of fused-ring (bicyclic) bond motifs is 1. The van der Waals surface area contributed by atoms with Crippen LogP contribution in [0.3, 0.4) is 0 Å². The molecule has 0 saturated carbocycles. The van der Waals surface area contributed by atoms with Gasteiger partial charge in [-0.25, -0.2) is 0 Å². The fourth-order valence-corrected chi connectivity index (χ4v) is 6.32. The van der Waals surface area contributed by atoms with Crippen LogP contribution >= 0.6 is 11.8 Å². The van der Waals surface area contributed by atoms with Gasteiger partial charge in [-0.05, 0) is 43.4 Å². The first kappa shape index (κ1) is 23.9. The SMILES string of the molecule is O=C(CN1C(=O)[C@@H](C(=O)N2CCCC2)Sc2ccccc21)NC1CCN(Cc2ccccc2)CC1. The zero-order valence-corrected chi connectivity index (χ0v) is 20.7. The molecule has 0 bridgehead atoms. The first-order valence-electron chi connectivity index (χ1n) is 12.5. The van der Waals surface area contributed by atoms with Crippen molar-refractivity contribution in [3.05, 3.63) is 60.2 Å². The number of benzene rings is 2. The van der Waals surface area contributed by atoms with Crippen molar-refractivity contribution in [3.8, 4) is 0 Å². The lowest BCUT2D eigenvalue weighted by Gasteiger charge is -2.35. The predicted octanol–water partition coefficient (Wildman–Crippen LogP) is 2.90. The molecule has 3 aliphatic rings. The zero-order chi connectivity index (χ0) is 24.2. The summed E-state index contributed by atoms with van der Waals surface area (Å²) in [6.07, 6.45) is 3.72. The Hall–Kier alpha value is -2.84. The van der Waals surface area contributed by atoms with E-state index in [1.165, 1.54) is 22.2 Å². The minimum atomic E-state index is -0.822. The van der Waals surface area contributed by atoms with Crippen LogP contribution < -0.4 is 10.2 Å². The summed E-state index contributed by atoms with van der Waals surface area (Å²) in [5.41, 5.74) is 2.01. The van der Waals surface area contributed by atoms with Crippen LogP contribution in [-0.2, 0) is 20.9 Å². The maximum absolute atomic E-state index is 13.4. The van der Waals surface area contributed by atoms with E-state index in [9.17, 15) is 14.4 Å². The second-order valence-corrected chi connectivity index (χ2v) is 10.7. The minimum Gasteiger partial charge on any atom is -0.352 e. The van der Waals surface area contributed by atoms with Crippen molar-refractivity contribution in [1.82, 2.24) is 15.1 Å². The van der Waals surface area contributed by atoms with Crippen LogP contribution in [0.2, 0.25) is 0 Å². The predicted molar refractivity (Wildman–Crippen MR) is 137 cm³/mol. The number of nitrogens with one attached hydrogen (secondary N) is 1. The quantitative estimate of drug-likeness (QED) is 0.628. The molecule has 0 spiro atoms. The van der Waals surface area contributed by atoms with Crippen LogP contribution in [0.1, 0.15) is 31.2 Å². The third kappa shape index (κ3) is 5.54. The standard InChI is InChI=1S/C27H32N4O3S/c32-24(28-21-12-16-29(17-13-21)18-20-8-2-1-3-9-20)19-31-22-10-4-5-11-23(22)35-25(27(31)34)26(33)30-14-6-7-15-30/h1-5,8-11,21,25H,6-7,12-19H2,(H,28,32)/t25-/m1/s1. The number of hydrogen-bond acceptors (Lipinski definition) is 5. The van der Waals surface area contributed by atoms with Gasteiger partial charge in [-0.15, -0.1) is 11.8 Å². The van der Waals surface area contributed by atoms with Crippen molar-refractivity contribution in [2.45, 2.75) is 48.4 Å². The van der Waals surface area contributed by atoms with Gasteiger partial charge in [0.25, 0.3) is 5.91 Å². The van der Waals surface area contributed by atoms with Crippen molar-refractivity contribution in [2.24, 2.45) is 0 Å². The highest BCUT2D eigenvalue weighted by Gasteiger charge is 2.41. The molecule has 184 valence electrons. The van der Waals surface area contributed by atoms with Crippen molar-refractivity contribution >= 4 is 35.2 Å². The summed E-state index contributed by atoms with van der Waals surface area (Å²) in [6.45, 7) is 4.11. The molecule has 1 atom stereocenters. The van der Waals surface area contributed by atoms with Crippen LogP contribution in [0.5, 0.6) is 0 Å². The van der Waals surface area contributed by atoms with Gasteiger partial charge in [-0.2, -0.15) is 0 Å². The second kappa shape index (κ2) is 10.8. The molecule has 0 radical (unpaired) electrons. The molecular formula is C27H32N4O3S. The van der Waals surface area contributed by atoms with Gasteiger partial charge in [-0.1, -0.05) is 42.5 Å². The number of rotatable bonds is 6. The second-order valence-electron chi connectivity index (χ2n) is 9.53. The van der Waals surface area contributed by atoms with Crippen LogP contribution in [0.4, 0.5) is 5.69 Å². The molecular weight excluding hydrogens is 460 g/mol. The summed E-state index contributed by atoms with van der Waals surface area (Å²) in [4.78, 5) is 46.1. The summed E-state index contributed by atoms with van der Waals surface area (Å²) in [6, 6.07) is 18.1. The number of nitrogens with zero attached hydrogens (tertiary/aromatic N) is 3. The number of carbonyl (C=O) groups excluding carboxylic acids is 3. The molecule has 7 nitrogen and oxygen atoms in total. The molecule has 3 amide bonds. The van der Waals surface area contributed by atoms with Crippen molar-refractivity contribution in [3.63, 3.8) is 0 Å². The van der Waals surface area contributed by atoms with Crippen LogP contribution in [0, 0.1) is 0 Å². The number of piperidine rings is 1. The first-order chi connectivity index (χ1) is 17.1. The largest absolute Gasteiger partial charge is 0.352 e. The molecule has 5 rings (SSSR count). The Bertz CT molecular complexity index is 1070. The molecule has 0 aromatic heterocycles. The van der Waals surface area contributed by atoms with Crippen molar-refractivity contribution in [1.29, 1.82) is 0 Å². The van der Waals surface area contributed by atoms with Gasteiger partial charge in [0.15, 0.2) is 5.25 Å². The maximum atomic E-state index is 13.4. The van der Waals surface area contributed by atoms with Crippen LogP contribution in [-0.4, -0.2) is 71.5 Å². The average Bonchev–Trinajstić information content (AvgIpc) is 3.42. The fraction of sp³-hybridized carbons (Fsp3) is 0.444. The molecule has 2 saturated heterocycles. The lowest BCUT2D eigenvalue weighted by Crippen LogP contribution is -2.53. The number of carbonyl (C=O) groups is 3. The lowest BCUT2D eigenvalue weighted by atomic mass is 10.0. The summed E-state index contributed by atoms with van der Waals surface area (Å²) in [5.74, 6) is -0.601. The monoisotopic (exact) mass is 492 g/mol. The number of amides is 3. The number of likely N-dealkylation sites (tertiary alicyclic amines) is 2. The van der Waals surface area contributed by atoms with Gasteiger partial charge in [0.05, 0.1) is 5.69 Å². The molecule has 8 heteroatoms. The van der Waals surface area contributed by atoms with Crippen LogP contribution in [0.15, 0.2) is 59.5 Å². The van der Waals surface area contributed by atoms with Crippen molar-refractivity contribution < 1.29 is 14.4 Å². The molecule has 2 aromatic carbocycles. The summed E-state index contributed by atoms with van der Waals surface area (Å²) in [5, 5.41) is 2.32. The van der Waals surface area contributed by atoms with Crippen LogP contribution in [0.25, 0.3) is 0 Å². The molecule has 3 aliphatic heterocycles. The van der Waals surface area contributed by atoms with E-state index in [1.807, 2.05) is 30.3 Å². The van der Waals surface area contributed by atoms with E-state index in [2.05, 4.69) is 34.5 Å². The van der Waals surface area contributed by atoms with E-state index in [0.717, 1.165) is 50.2 Å². The Balaban J connectivity index is 1.19. The molecule has 2 fully saturated rings. The Morgan fingerprint density at radius 2 is 1.60 bits per heavy atom. The molecule has 3 heterocycles. The number of anilines is 1. The highest BCUT2D eigenvalue weighted by molar-refractivity contribution is 8.01. The Morgan fingerprint density at radius 1 is 0.914 bits per heavy atom. The first-order valence-corrected chi connectivity index (χ1v) is 13.4. The Kier molecular flexibility index (Phi) is 7.39. The summed E-state index contributed by atoms with van der Waals surface area (Å²) in [7, 11) is 0. The highest BCUT2D eigenvalue weighted by atomic mass is 32.2. The molecule has 0 unspecified atom stereocenters. The van der Waals surface area contributed by atoms with Gasteiger partial charge >= 0.3 is 0 Å². The number of thioether (sulfide) groups is 1. The van der Waals surface area contributed by atoms with E-state index in [0.29, 0.717) is 18.8 Å². The topological polar surface area (TPSA) is 73.0 Å². The highest BCUT2D eigenvalue weighted by Crippen LogP contribution is 2.40. The molecule has 0 aliphatic carbocycles. The van der Waals surface area contributed by atoms with Gasteiger partial charge < -0.3 is 15.1 Å².